The molecular weight excluding hydrogens is 139 g/mol. The molecule has 0 heterocycles. The molecule has 1 unspecified atom stereocenters. The van der Waals surface area contributed by atoms with E-state index < -0.39 is 7.26 Å². The smallest absolute Gasteiger partial charge is 0.0619 e. The van der Waals surface area contributed by atoms with Crippen molar-refractivity contribution in [1.29, 1.82) is 0 Å². The minimum atomic E-state index is -0.863. The second-order valence-corrected chi connectivity index (χ2v) is 7.46. The zero-order valence-electron chi connectivity index (χ0n) is 8.85. The van der Waals surface area contributed by atoms with E-state index in [9.17, 15) is 0 Å². The van der Waals surface area contributed by atoms with Gasteiger partial charge in [-0.3, -0.25) is 0 Å². The van der Waals surface area contributed by atoms with E-state index in [4.69, 9.17) is 1.37 Å². The second-order valence-electron chi connectivity index (χ2n) is 2.76. The van der Waals surface area contributed by atoms with Crippen LogP contribution in [0.25, 0.3) is 0 Å². The molecule has 0 aromatic carbocycles. The van der Waals surface area contributed by atoms with Crippen molar-refractivity contribution >= 4 is 7.26 Å². The Morgan fingerprint density at radius 1 is 1.00 bits per heavy atom. The van der Waals surface area contributed by atoms with E-state index in [0.717, 1.165) is 6.42 Å². The fourth-order valence-corrected chi connectivity index (χ4v) is 4.34. The highest BCUT2D eigenvalue weighted by Crippen LogP contribution is 2.57. The Kier molecular flexibility index (Phi) is 4.37. The fourth-order valence-electron chi connectivity index (χ4n) is 1.45. The van der Waals surface area contributed by atoms with E-state index in [1.54, 1.807) is 0 Å². The lowest BCUT2D eigenvalue weighted by Gasteiger charge is -2.22. The summed E-state index contributed by atoms with van der Waals surface area (Å²) in [5.74, 6) is 0. The Labute approximate surface area is 68.1 Å². The molecule has 0 aromatic rings. The summed E-state index contributed by atoms with van der Waals surface area (Å²) in [6.45, 7) is 8.93. The Bertz CT molecular complexity index is 91.5. The van der Waals surface area contributed by atoms with Gasteiger partial charge in [0.05, 0.1) is 26.0 Å². The molecule has 0 aliphatic heterocycles. The van der Waals surface area contributed by atoms with E-state index in [1.165, 1.54) is 18.5 Å². The molecule has 0 N–H and O–H groups in total. The topological polar surface area (TPSA) is 0 Å². The van der Waals surface area contributed by atoms with Crippen LogP contribution in [0.15, 0.2) is 0 Å². The molecule has 0 saturated heterocycles. The van der Waals surface area contributed by atoms with Gasteiger partial charge in [-0.05, 0) is 27.2 Å². The first-order valence-electron chi connectivity index (χ1n) is 5.02. The first kappa shape index (κ1) is 8.53. The van der Waals surface area contributed by atoms with Gasteiger partial charge in [-0.2, -0.15) is 0 Å². The van der Waals surface area contributed by atoms with Crippen LogP contribution in [0.1, 0.15) is 35.5 Å². The minimum absolute atomic E-state index is 0.252. The van der Waals surface area contributed by atoms with Crippen molar-refractivity contribution in [3.63, 3.8) is 0 Å². The molecule has 62 valence electrons. The maximum atomic E-state index is 7.98. The Morgan fingerprint density at radius 3 is 1.50 bits per heavy atom. The van der Waals surface area contributed by atoms with Crippen LogP contribution in [0.4, 0.5) is 0 Å². The Morgan fingerprint density at radius 2 is 1.40 bits per heavy atom. The fraction of sp³-hybridized carbons (Fsp3) is 1.00. The van der Waals surface area contributed by atoms with E-state index in [1.807, 2.05) is 0 Å². The summed E-state index contributed by atoms with van der Waals surface area (Å²) in [7, 11) is -0.863. The molecule has 0 aromatic heterocycles. The average Bonchev–Trinajstić information content (AvgIpc) is 2.08. The van der Waals surface area contributed by atoms with Gasteiger partial charge in [0, 0.05) is 7.26 Å². The third kappa shape index (κ3) is 2.58. The maximum absolute atomic E-state index is 7.98. The van der Waals surface area contributed by atoms with E-state index >= 15 is 0 Å². The molecule has 0 rings (SSSR count). The summed E-state index contributed by atoms with van der Waals surface area (Å²) in [5.41, 5.74) is 0. The van der Waals surface area contributed by atoms with Crippen molar-refractivity contribution in [2.24, 2.45) is 0 Å². The molecule has 0 radical (unpaired) electrons. The molecule has 0 saturated carbocycles. The molecule has 0 aliphatic rings. The second kappa shape index (κ2) is 5.13. The summed E-state index contributed by atoms with van der Waals surface area (Å²) in [4.78, 5) is 0. The van der Waals surface area contributed by atoms with Crippen LogP contribution in [-0.4, -0.2) is 24.6 Å². The van der Waals surface area contributed by atoms with Crippen LogP contribution in [-0.2, 0) is 0 Å². The summed E-state index contributed by atoms with van der Waals surface area (Å²) in [6.07, 6.45) is 5.09. The summed E-state index contributed by atoms with van der Waals surface area (Å²) >= 11 is 0. The summed E-state index contributed by atoms with van der Waals surface area (Å²) in [5, 5.41) is 0. The molecule has 0 nitrogen and oxygen atoms in total. The highest BCUT2D eigenvalue weighted by Gasteiger charge is 2.28. The lowest BCUT2D eigenvalue weighted by molar-refractivity contribution is 1.06. The molecule has 0 spiro atoms. The zero-order chi connectivity index (χ0) is 8.91. The van der Waals surface area contributed by atoms with Gasteiger partial charge in [0.2, 0.25) is 0 Å². The first-order valence-corrected chi connectivity index (χ1v) is 6.86. The van der Waals surface area contributed by atoms with Crippen LogP contribution in [0.3, 0.4) is 0 Å². The van der Waals surface area contributed by atoms with Crippen LogP contribution in [0.2, 0.25) is 0 Å². The van der Waals surface area contributed by atoms with Gasteiger partial charge in [-0.15, -0.1) is 0 Å². The minimum Gasteiger partial charge on any atom is -0.0619 e. The van der Waals surface area contributed by atoms with Crippen molar-refractivity contribution in [3.8, 4) is 0 Å². The monoisotopic (exact) mass is 162 g/mol. The van der Waals surface area contributed by atoms with E-state index in [0.29, 0.717) is 0 Å². The summed E-state index contributed by atoms with van der Waals surface area (Å²) in [6, 6.07) is 0. The SMILES string of the molecule is [2H]C(CC)[P+](CC)(CC)CC. The van der Waals surface area contributed by atoms with E-state index in [2.05, 4.69) is 27.7 Å². The van der Waals surface area contributed by atoms with Crippen LogP contribution in [0.5, 0.6) is 0 Å². The Hall–Kier alpha value is 0.430. The highest BCUT2D eigenvalue weighted by molar-refractivity contribution is 7.75. The quantitative estimate of drug-likeness (QED) is 0.543. The predicted octanol–water partition coefficient (Wildman–Crippen LogP) is 3.47. The molecule has 0 amide bonds. The molecule has 10 heavy (non-hydrogen) atoms. The summed E-state index contributed by atoms with van der Waals surface area (Å²) < 4.78 is 7.98. The molecule has 0 fully saturated rings. The molecular formula is C9H22P+. The Balaban J connectivity index is 4.26. The van der Waals surface area contributed by atoms with Crippen molar-refractivity contribution in [1.82, 2.24) is 0 Å². The van der Waals surface area contributed by atoms with Gasteiger partial charge in [0.1, 0.15) is 0 Å². The average molecular weight is 162 g/mol. The van der Waals surface area contributed by atoms with Crippen molar-refractivity contribution in [3.05, 3.63) is 0 Å². The lowest BCUT2D eigenvalue weighted by Crippen LogP contribution is -2.06. The molecule has 1 heteroatoms. The van der Waals surface area contributed by atoms with Gasteiger partial charge < -0.3 is 0 Å². The highest BCUT2D eigenvalue weighted by atomic mass is 31.2. The standard InChI is InChI=1S/C9H22P/c1-5-9-10(6-2,7-3)8-4/h5-9H2,1-4H3/q+1/i9D. The van der Waals surface area contributed by atoms with Gasteiger partial charge in [-0.1, -0.05) is 6.92 Å². The maximum Gasteiger partial charge on any atom is 0.0708 e. The van der Waals surface area contributed by atoms with Crippen molar-refractivity contribution < 1.29 is 1.37 Å². The van der Waals surface area contributed by atoms with Gasteiger partial charge >= 0.3 is 0 Å². The van der Waals surface area contributed by atoms with Crippen LogP contribution in [0, 0.1) is 0 Å². The van der Waals surface area contributed by atoms with Gasteiger partial charge in [-0.25, -0.2) is 0 Å². The predicted molar refractivity (Wildman–Crippen MR) is 53.7 cm³/mol. The number of rotatable bonds is 5. The molecule has 0 aliphatic carbocycles. The third-order valence-corrected chi connectivity index (χ3v) is 7.38. The number of hydrogen-bond donors (Lipinski definition) is 0. The molecule has 0 bridgehead atoms. The zero-order valence-corrected chi connectivity index (χ0v) is 8.75. The molecule has 1 atom stereocenters. The number of hydrogen-bond acceptors (Lipinski definition) is 0. The van der Waals surface area contributed by atoms with Gasteiger partial charge in [0.15, 0.2) is 0 Å². The third-order valence-electron chi connectivity index (χ3n) is 2.46. The van der Waals surface area contributed by atoms with Crippen LogP contribution < -0.4 is 0 Å². The first-order chi connectivity index (χ1) is 5.16. The van der Waals surface area contributed by atoms with Crippen molar-refractivity contribution in [2.45, 2.75) is 34.1 Å². The lowest BCUT2D eigenvalue weighted by atomic mass is 10.6. The van der Waals surface area contributed by atoms with Crippen LogP contribution >= 0.6 is 7.26 Å². The normalized spacial score (nSPS) is 16.6. The largest absolute Gasteiger partial charge is 0.0708 e. The van der Waals surface area contributed by atoms with Gasteiger partial charge in [0.25, 0.3) is 0 Å². The van der Waals surface area contributed by atoms with E-state index in [-0.39, 0.29) is 6.14 Å². The van der Waals surface area contributed by atoms with Crippen molar-refractivity contribution in [2.75, 3.05) is 24.6 Å².